The van der Waals surface area contributed by atoms with Crippen molar-refractivity contribution >= 4 is 28.7 Å². The van der Waals surface area contributed by atoms with Gasteiger partial charge in [-0.3, -0.25) is 4.79 Å². The molecule has 0 amide bonds. The molecule has 8 nitrogen and oxygen atoms in total. The van der Waals surface area contributed by atoms with Gasteiger partial charge in [0.1, 0.15) is 17.4 Å². The number of nitrogens with zero attached hydrogens (tertiary/aromatic N) is 2. The predicted molar refractivity (Wildman–Crippen MR) is 124 cm³/mol. The normalized spacial score (nSPS) is 20.6. The zero-order valence-corrected chi connectivity index (χ0v) is 19.4. The van der Waals surface area contributed by atoms with Crippen molar-refractivity contribution in [1.82, 2.24) is 9.29 Å². The van der Waals surface area contributed by atoms with E-state index in [0.29, 0.717) is 30.0 Å². The average molecular weight is 447 g/mol. The third kappa shape index (κ3) is 6.28. The first-order valence-electron chi connectivity index (χ1n) is 10.0. The Balaban J connectivity index is 0.00000166. The summed E-state index contributed by atoms with van der Waals surface area (Å²) in [5.74, 6) is 1.01. The van der Waals surface area contributed by atoms with Gasteiger partial charge < -0.3 is 20.0 Å². The molecular weight excluding hydrogens is 416 g/mol. The second-order valence-electron chi connectivity index (χ2n) is 6.98. The fourth-order valence-corrected chi connectivity index (χ4v) is 3.21. The number of hydrogen-bond donors (Lipinski definition) is 2. The maximum absolute atomic E-state index is 12.7. The Labute approximate surface area is 186 Å². The van der Waals surface area contributed by atoms with E-state index in [-0.39, 0.29) is 11.6 Å². The van der Waals surface area contributed by atoms with Gasteiger partial charge in [-0.2, -0.15) is 8.51 Å². The minimum absolute atomic E-state index is 0.135. The van der Waals surface area contributed by atoms with Crippen LogP contribution >= 0.6 is 0 Å². The van der Waals surface area contributed by atoms with Crippen molar-refractivity contribution in [3.63, 3.8) is 0 Å². The van der Waals surface area contributed by atoms with Crippen LogP contribution in [0, 0.1) is 0 Å². The first-order chi connectivity index (χ1) is 14.8. The second kappa shape index (κ2) is 10.9. The predicted octanol–water partition coefficient (Wildman–Crippen LogP) is 3.86. The molecule has 31 heavy (non-hydrogen) atoms. The summed E-state index contributed by atoms with van der Waals surface area (Å²) in [7, 11) is 3.35. The summed E-state index contributed by atoms with van der Waals surface area (Å²) in [5.41, 5.74) is 6.17. The molecule has 168 valence electrons. The molecule has 3 rings (SSSR count). The summed E-state index contributed by atoms with van der Waals surface area (Å²) in [6.45, 7) is 5.73. The lowest BCUT2D eigenvalue weighted by atomic mass is 9.92. The van der Waals surface area contributed by atoms with E-state index in [1.165, 1.54) is 10.6 Å². The number of ketones is 1. The maximum atomic E-state index is 12.7. The summed E-state index contributed by atoms with van der Waals surface area (Å²) in [4.78, 5) is 17.0. The Hall–Kier alpha value is -2.91. The molecule has 0 radical (unpaired) electrons. The zero-order chi connectivity index (χ0) is 23.0. The van der Waals surface area contributed by atoms with E-state index < -0.39 is 16.9 Å². The number of rotatable bonds is 7. The molecule has 2 heterocycles. The number of allylic oxidation sites excluding steroid dienone is 4. The number of hydrogen-bond acceptors (Lipinski definition) is 7. The van der Waals surface area contributed by atoms with Crippen molar-refractivity contribution < 1.29 is 17.9 Å². The summed E-state index contributed by atoms with van der Waals surface area (Å²) in [5, 5.41) is 3.15. The highest BCUT2D eigenvalue weighted by Crippen LogP contribution is 2.29. The van der Waals surface area contributed by atoms with Crippen LogP contribution in [0.5, 0.6) is 0 Å². The molecule has 1 aliphatic carbocycles. The number of ether oxygens (including phenoxy) is 1. The van der Waals surface area contributed by atoms with Gasteiger partial charge in [0.15, 0.2) is 5.60 Å². The highest BCUT2D eigenvalue weighted by atomic mass is 32.2. The van der Waals surface area contributed by atoms with Gasteiger partial charge in [-0.1, -0.05) is 19.9 Å². The fraction of sp³-hybridized carbons (Fsp3) is 0.364. The number of anilines is 2. The Kier molecular flexibility index (Phi) is 8.58. The van der Waals surface area contributed by atoms with E-state index in [0.717, 1.165) is 5.70 Å². The van der Waals surface area contributed by atoms with E-state index in [2.05, 4.69) is 10.3 Å². The Bertz CT molecular complexity index is 943. The van der Waals surface area contributed by atoms with Crippen LogP contribution in [-0.2, 0) is 20.2 Å². The molecule has 0 fully saturated rings. The quantitative estimate of drug-likeness (QED) is 0.613. The minimum atomic E-state index is -1.54. The van der Waals surface area contributed by atoms with Gasteiger partial charge in [-0.25, -0.2) is 4.98 Å². The molecule has 1 aliphatic heterocycles. The number of Topliss-reactive ketones (excluding diaryl/α,β-unsaturated/α-hetero) is 1. The Morgan fingerprint density at radius 1 is 1.29 bits per heavy atom. The number of carbonyl (C=O) groups is 1. The van der Waals surface area contributed by atoms with E-state index >= 15 is 0 Å². The Morgan fingerprint density at radius 3 is 2.65 bits per heavy atom. The van der Waals surface area contributed by atoms with Crippen LogP contribution in [0.1, 0.15) is 44.0 Å². The van der Waals surface area contributed by atoms with Crippen molar-refractivity contribution in [2.75, 3.05) is 25.1 Å². The number of pyridine rings is 1. The van der Waals surface area contributed by atoms with Crippen LogP contribution in [0.3, 0.4) is 0 Å². The van der Waals surface area contributed by atoms with Gasteiger partial charge in [0, 0.05) is 32.6 Å². The summed E-state index contributed by atoms with van der Waals surface area (Å²) in [6, 6.07) is 3.34. The monoisotopic (exact) mass is 446 g/mol. The number of aromatic nitrogens is 1. The molecule has 0 spiro atoms. The lowest BCUT2D eigenvalue weighted by molar-refractivity contribution is 0.0428. The van der Waals surface area contributed by atoms with Crippen LogP contribution in [0.15, 0.2) is 60.2 Å². The van der Waals surface area contributed by atoms with Crippen molar-refractivity contribution in [1.29, 1.82) is 0 Å². The van der Waals surface area contributed by atoms with Crippen LogP contribution in [0.4, 0.5) is 11.6 Å². The van der Waals surface area contributed by atoms with E-state index in [4.69, 9.17) is 14.7 Å². The van der Waals surface area contributed by atoms with Gasteiger partial charge in [-0.05, 0) is 43.4 Å². The summed E-state index contributed by atoms with van der Waals surface area (Å²) in [6.07, 6.45) is 11.6. The molecular formula is C22H30N4O4S. The number of nitrogen functional groups attached to an aromatic ring is 1. The molecule has 0 saturated carbocycles. The molecule has 9 heteroatoms. The third-order valence-electron chi connectivity index (χ3n) is 4.40. The molecule has 2 atom stereocenters. The first kappa shape index (κ1) is 24.4. The van der Waals surface area contributed by atoms with Crippen LogP contribution < -0.4 is 11.1 Å². The number of carbonyl (C=O) groups excluding carboxylic acids is 1. The molecule has 1 aromatic heterocycles. The van der Waals surface area contributed by atoms with E-state index in [9.17, 15) is 9.00 Å². The van der Waals surface area contributed by atoms with E-state index in [1.54, 1.807) is 45.3 Å². The van der Waals surface area contributed by atoms with Crippen LogP contribution in [-0.4, -0.2) is 39.0 Å². The van der Waals surface area contributed by atoms with Crippen LogP contribution in [0.25, 0.3) is 0 Å². The van der Waals surface area contributed by atoms with Gasteiger partial charge in [-0.15, -0.1) is 0 Å². The minimum Gasteiger partial charge on any atom is -0.487 e. The fourth-order valence-electron chi connectivity index (χ4n) is 2.75. The van der Waals surface area contributed by atoms with Crippen molar-refractivity contribution in [3.05, 3.63) is 65.8 Å². The van der Waals surface area contributed by atoms with Crippen LogP contribution in [0.2, 0.25) is 0 Å². The van der Waals surface area contributed by atoms with Gasteiger partial charge in [0.25, 0.3) is 11.3 Å². The van der Waals surface area contributed by atoms with Gasteiger partial charge >= 0.3 is 0 Å². The second-order valence-corrected chi connectivity index (χ2v) is 8.31. The van der Waals surface area contributed by atoms with Crippen molar-refractivity contribution in [3.8, 4) is 0 Å². The van der Waals surface area contributed by atoms with Crippen molar-refractivity contribution in [2.45, 2.75) is 39.2 Å². The summed E-state index contributed by atoms with van der Waals surface area (Å²) < 4.78 is 24.1. The highest BCUT2D eigenvalue weighted by Gasteiger charge is 2.38. The molecule has 1 aromatic rings. The Morgan fingerprint density at radius 2 is 2.03 bits per heavy atom. The van der Waals surface area contributed by atoms with E-state index in [1.807, 2.05) is 32.1 Å². The summed E-state index contributed by atoms with van der Waals surface area (Å²) >= 11 is -1.54. The molecule has 0 saturated heterocycles. The smallest absolute Gasteiger partial charge is 0.289 e. The highest BCUT2D eigenvalue weighted by molar-refractivity contribution is 7.77. The van der Waals surface area contributed by atoms with Gasteiger partial charge in [0.2, 0.25) is 5.78 Å². The van der Waals surface area contributed by atoms with Gasteiger partial charge in [0.05, 0.1) is 11.8 Å². The molecule has 0 bridgehead atoms. The maximum Gasteiger partial charge on any atom is 0.289 e. The number of nitrogens with two attached hydrogens (primary N) is 1. The zero-order valence-electron chi connectivity index (χ0n) is 18.5. The largest absolute Gasteiger partial charge is 0.487 e. The van der Waals surface area contributed by atoms with Crippen molar-refractivity contribution in [2.24, 2.45) is 0 Å². The third-order valence-corrected chi connectivity index (χ3v) is 5.35. The number of nitrogens with one attached hydrogen (secondary N) is 1. The standard InChI is InChI=1S/C20H24N4O4S.C2H6/c1-20(12-5-13-27-20)18(25)16-10-11-17(23-19(16)21)22-14-6-4-7-15(9-8-14)28-29(26)24(2)3;1-2/h4-6,8-11,13H,7,12H2,1-3H3,(H3,21,22,23);1-2H3. The first-order valence-corrected chi connectivity index (χ1v) is 11.1. The molecule has 2 aliphatic rings. The topological polar surface area (TPSA) is 107 Å². The average Bonchev–Trinajstić information content (AvgIpc) is 3.08. The molecule has 2 unspecified atom stereocenters. The SMILES string of the molecule is CC.CN(C)S(=O)OC1=CC=C(Nc2ccc(C(=O)C3(C)CC=CO3)c(N)n2)C=CC1. The molecule has 0 aromatic carbocycles. The lowest BCUT2D eigenvalue weighted by Gasteiger charge is -2.22. The molecule has 3 N–H and O–H groups in total. The lowest BCUT2D eigenvalue weighted by Crippen LogP contribution is -2.35.